The normalized spacial score (nSPS) is 20.7. The average Bonchev–Trinajstić information content (AvgIpc) is 3.62. The second-order valence-electron chi connectivity index (χ2n) is 11.5. The molecule has 38 heavy (non-hydrogen) atoms. The lowest BCUT2D eigenvalue weighted by atomic mass is 9.82. The number of hydrogen-bond donors (Lipinski definition) is 2. The van der Waals surface area contributed by atoms with Crippen LogP contribution in [-0.4, -0.2) is 59.9 Å². The fourth-order valence-electron chi connectivity index (χ4n) is 5.65. The van der Waals surface area contributed by atoms with Crippen molar-refractivity contribution >= 4 is 26.9 Å². The van der Waals surface area contributed by atoms with E-state index in [2.05, 4.69) is 26.8 Å². The quantitative estimate of drug-likeness (QED) is 0.366. The van der Waals surface area contributed by atoms with Gasteiger partial charge in [-0.05, 0) is 63.4 Å². The lowest BCUT2D eigenvalue weighted by Gasteiger charge is -2.26. The molecule has 2 aliphatic heterocycles. The number of nitrogens with zero attached hydrogens (tertiary/aromatic N) is 4. The van der Waals surface area contributed by atoms with Crippen molar-refractivity contribution in [1.82, 2.24) is 24.6 Å². The third-order valence-electron chi connectivity index (χ3n) is 7.57. The molecule has 0 aliphatic carbocycles. The predicted molar refractivity (Wildman–Crippen MR) is 147 cm³/mol. The molecule has 2 N–H and O–H groups in total. The van der Waals surface area contributed by atoms with Crippen molar-refractivity contribution < 1.29 is 13.7 Å². The van der Waals surface area contributed by atoms with E-state index in [1.165, 1.54) is 11.9 Å². The highest BCUT2D eigenvalue weighted by atomic mass is 32.2. The molecule has 1 saturated heterocycles. The molecule has 4 aromatic rings. The first-order chi connectivity index (χ1) is 17.9. The van der Waals surface area contributed by atoms with E-state index in [1.54, 1.807) is 12.1 Å². The maximum atomic E-state index is 12.7. The number of carbonyl (C=O) groups is 1. The number of benzene rings is 1. The number of aromatic nitrogens is 4. The topological polar surface area (TPSA) is 117 Å². The minimum absolute atomic E-state index is 0.101. The van der Waals surface area contributed by atoms with Crippen LogP contribution in [0.3, 0.4) is 0 Å². The van der Waals surface area contributed by atoms with E-state index in [-0.39, 0.29) is 11.5 Å². The van der Waals surface area contributed by atoms with Crippen LogP contribution in [0.4, 0.5) is 4.79 Å². The largest absolute Gasteiger partial charge is 0.444 e. The summed E-state index contributed by atoms with van der Waals surface area (Å²) in [5.41, 5.74) is 5.07. The summed E-state index contributed by atoms with van der Waals surface area (Å²) in [6.45, 7) is 7.83. The summed E-state index contributed by atoms with van der Waals surface area (Å²) in [6, 6.07) is 11.6. The second-order valence-corrected chi connectivity index (χ2v) is 13.7. The van der Waals surface area contributed by atoms with E-state index in [0.29, 0.717) is 18.0 Å². The van der Waals surface area contributed by atoms with Crippen LogP contribution in [-0.2, 0) is 26.4 Å². The van der Waals surface area contributed by atoms with Crippen molar-refractivity contribution in [3.63, 3.8) is 0 Å². The van der Waals surface area contributed by atoms with E-state index >= 15 is 0 Å². The monoisotopic (exact) mass is 532 g/mol. The fourth-order valence-corrected chi connectivity index (χ4v) is 6.30. The average molecular weight is 533 g/mol. The number of ether oxygens (including phenoxy) is 1. The van der Waals surface area contributed by atoms with Gasteiger partial charge in [-0.15, -0.1) is 0 Å². The summed E-state index contributed by atoms with van der Waals surface area (Å²) < 4.78 is 27.6. The molecule has 1 aromatic carbocycles. The van der Waals surface area contributed by atoms with Crippen LogP contribution in [0.1, 0.15) is 39.3 Å². The molecule has 5 heterocycles. The molecule has 10 heteroatoms. The summed E-state index contributed by atoms with van der Waals surface area (Å²) in [4.78, 5) is 22.9. The van der Waals surface area contributed by atoms with E-state index < -0.39 is 15.3 Å². The van der Waals surface area contributed by atoms with E-state index in [0.717, 1.165) is 52.8 Å². The van der Waals surface area contributed by atoms with E-state index in [1.807, 2.05) is 50.2 Å². The number of pyridine rings is 1. The molecule has 198 valence electrons. The van der Waals surface area contributed by atoms with Gasteiger partial charge in [-0.2, -0.15) is 5.10 Å². The van der Waals surface area contributed by atoms with Gasteiger partial charge in [-0.25, -0.2) is 18.8 Å². The standard InChI is InChI=1S/C28H32N6O3S/c1-27(2,3)37-26(35)33-11-9-28(17-33)10-12-34-24(28)14-23(32-34)19-13-21-22(16-31-25(21)30-15-19)18-5-7-20(8-6-18)38(4,29)36/h5-8,13-16,29H,9-12,17H2,1-4H3,(H,30,31). The van der Waals surface area contributed by atoms with Crippen LogP contribution in [0.2, 0.25) is 0 Å². The zero-order chi connectivity index (χ0) is 26.9. The van der Waals surface area contributed by atoms with Gasteiger partial charge in [0.1, 0.15) is 11.2 Å². The van der Waals surface area contributed by atoms with Crippen LogP contribution in [0.15, 0.2) is 53.7 Å². The first-order valence-corrected chi connectivity index (χ1v) is 14.8. The predicted octanol–water partition coefficient (Wildman–Crippen LogP) is 5.41. The molecule has 1 amide bonds. The van der Waals surface area contributed by atoms with Crippen molar-refractivity contribution in [2.24, 2.45) is 0 Å². The number of H-pyrrole nitrogens is 1. The Balaban J connectivity index is 1.30. The van der Waals surface area contributed by atoms with Gasteiger partial charge in [0.2, 0.25) is 0 Å². The smallest absolute Gasteiger partial charge is 0.410 e. The van der Waals surface area contributed by atoms with Crippen molar-refractivity contribution in [2.75, 3.05) is 19.3 Å². The minimum Gasteiger partial charge on any atom is -0.444 e. The molecule has 6 rings (SSSR count). The van der Waals surface area contributed by atoms with Gasteiger partial charge >= 0.3 is 6.09 Å². The molecule has 1 spiro atoms. The molecule has 2 atom stereocenters. The van der Waals surface area contributed by atoms with Crippen molar-refractivity contribution in [2.45, 2.75) is 56.1 Å². The number of carbonyl (C=O) groups excluding carboxylic acids is 1. The Hall–Kier alpha value is -3.66. The van der Waals surface area contributed by atoms with E-state index in [9.17, 15) is 9.00 Å². The molecule has 9 nitrogen and oxygen atoms in total. The number of aromatic amines is 1. The summed E-state index contributed by atoms with van der Waals surface area (Å²) in [6.07, 6.45) is 6.80. The maximum absolute atomic E-state index is 12.7. The Bertz CT molecular complexity index is 1660. The Morgan fingerprint density at radius 2 is 1.87 bits per heavy atom. The van der Waals surface area contributed by atoms with Crippen LogP contribution in [0.5, 0.6) is 0 Å². The minimum atomic E-state index is -2.76. The first kappa shape index (κ1) is 24.7. The molecular formula is C28H32N6O3S. The Morgan fingerprint density at radius 3 is 2.58 bits per heavy atom. The summed E-state index contributed by atoms with van der Waals surface area (Å²) in [5.74, 6) is 0. The summed E-state index contributed by atoms with van der Waals surface area (Å²) in [7, 11) is -2.76. The molecule has 3 aromatic heterocycles. The molecule has 1 fully saturated rings. The Labute approximate surface area is 222 Å². The van der Waals surface area contributed by atoms with Crippen LogP contribution >= 0.6 is 0 Å². The molecule has 0 saturated carbocycles. The third-order valence-corrected chi connectivity index (χ3v) is 8.74. The number of nitrogens with one attached hydrogen (secondary N) is 2. The number of aryl methyl sites for hydroxylation is 1. The zero-order valence-electron chi connectivity index (χ0n) is 22.1. The highest BCUT2D eigenvalue weighted by Crippen LogP contribution is 2.44. The van der Waals surface area contributed by atoms with Crippen molar-refractivity contribution in [1.29, 1.82) is 4.78 Å². The van der Waals surface area contributed by atoms with Gasteiger partial charge in [0.25, 0.3) is 0 Å². The molecular weight excluding hydrogens is 500 g/mol. The zero-order valence-corrected chi connectivity index (χ0v) is 22.9. The summed E-state index contributed by atoms with van der Waals surface area (Å²) in [5, 5.41) is 5.89. The molecule has 0 bridgehead atoms. The van der Waals surface area contributed by atoms with Crippen LogP contribution in [0, 0.1) is 4.78 Å². The number of likely N-dealkylation sites (tertiary alicyclic amines) is 1. The number of hydrogen-bond acceptors (Lipinski definition) is 6. The lowest BCUT2D eigenvalue weighted by molar-refractivity contribution is 0.0284. The van der Waals surface area contributed by atoms with Crippen molar-refractivity contribution in [3.8, 4) is 22.4 Å². The highest BCUT2D eigenvalue weighted by molar-refractivity contribution is 7.91. The van der Waals surface area contributed by atoms with Crippen LogP contribution in [0.25, 0.3) is 33.4 Å². The second kappa shape index (κ2) is 8.42. The number of amides is 1. The Morgan fingerprint density at radius 1 is 1.13 bits per heavy atom. The number of fused-ring (bicyclic) bond motifs is 3. The highest BCUT2D eigenvalue weighted by Gasteiger charge is 2.47. The van der Waals surface area contributed by atoms with Gasteiger partial charge in [-0.1, -0.05) is 12.1 Å². The molecule has 2 aliphatic rings. The SMILES string of the molecule is CC(C)(C)OC(=O)N1CCC2(CCn3nc(-c4cnc5[nH]cc(-c6ccc(S(C)(=N)=O)cc6)c5c4)cc32)C1. The van der Waals surface area contributed by atoms with Gasteiger partial charge in [0, 0.05) is 70.8 Å². The van der Waals surface area contributed by atoms with Gasteiger partial charge in [-0.3, -0.25) is 4.68 Å². The van der Waals surface area contributed by atoms with Crippen LogP contribution < -0.4 is 0 Å². The number of rotatable bonds is 3. The molecule has 2 unspecified atom stereocenters. The van der Waals surface area contributed by atoms with Crippen molar-refractivity contribution in [3.05, 3.63) is 54.5 Å². The molecule has 0 radical (unpaired) electrons. The van der Waals surface area contributed by atoms with Gasteiger partial charge in [0.15, 0.2) is 0 Å². The lowest BCUT2D eigenvalue weighted by Crippen LogP contribution is -2.37. The third kappa shape index (κ3) is 4.26. The van der Waals surface area contributed by atoms with Gasteiger partial charge in [0.05, 0.1) is 15.4 Å². The van der Waals surface area contributed by atoms with Gasteiger partial charge < -0.3 is 14.6 Å². The summed E-state index contributed by atoms with van der Waals surface area (Å²) >= 11 is 0. The maximum Gasteiger partial charge on any atom is 0.410 e. The first-order valence-electron chi connectivity index (χ1n) is 12.8. The Kier molecular flexibility index (Phi) is 5.47. The fraction of sp³-hybridized carbons (Fsp3) is 0.393. The van der Waals surface area contributed by atoms with E-state index in [4.69, 9.17) is 14.6 Å².